The number of fused-ring (bicyclic) bond motifs is 4. The summed E-state index contributed by atoms with van der Waals surface area (Å²) in [4.78, 5) is 43.9. The largest absolute Gasteiger partial charge is 0.380 e. The van der Waals surface area contributed by atoms with Crippen LogP contribution in [0.15, 0.2) is 65.7 Å². The molecule has 1 aromatic heterocycles. The molecule has 3 aromatic carbocycles. The Morgan fingerprint density at radius 2 is 1.67 bits per heavy atom. The second-order valence-electron chi connectivity index (χ2n) is 7.62. The minimum atomic E-state index is -0.550. The lowest BCUT2D eigenvalue weighted by Crippen LogP contribution is -2.35. The molecular formula is C25H21N3O4S. The SMILES string of the molecule is CCOCCn1c(=NC(=O)CN2C(=O)c3ccccc3C2=O)sc2c3ccccc3ccc21. The van der Waals surface area contributed by atoms with Crippen LogP contribution in [0.1, 0.15) is 27.6 Å². The molecule has 0 unspecified atom stereocenters. The van der Waals surface area contributed by atoms with Gasteiger partial charge in [0.25, 0.3) is 17.7 Å². The van der Waals surface area contributed by atoms with Gasteiger partial charge in [-0.2, -0.15) is 4.99 Å². The summed E-state index contributed by atoms with van der Waals surface area (Å²) in [5.41, 5.74) is 1.59. The van der Waals surface area contributed by atoms with E-state index in [2.05, 4.69) is 4.99 Å². The second-order valence-corrected chi connectivity index (χ2v) is 8.59. The fraction of sp³-hybridized carbons (Fsp3) is 0.200. The first kappa shape index (κ1) is 21.2. The Balaban J connectivity index is 1.53. The van der Waals surface area contributed by atoms with Crippen LogP contribution in [0.2, 0.25) is 0 Å². The van der Waals surface area contributed by atoms with Crippen molar-refractivity contribution < 1.29 is 19.1 Å². The molecule has 0 N–H and O–H groups in total. The standard InChI is InChI=1S/C25H21N3O4S/c1-2-32-14-13-27-20-12-11-16-7-3-4-8-17(16)22(20)33-25(27)26-21(29)15-28-23(30)18-9-5-6-10-19(18)24(28)31/h3-12H,2,13-15H2,1H3. The Labute approximate surface area is 193 Å². The lowest BCUT2D eigenvalue weighted by atomic mass is 10.1. The molecule has 0 fully saturated rings. The minimum Gasteiger partial charge on any atom is -0.380 e. The molecule has 0 spiro atoms. The van der Waals surface area contributed by atoms with Gasteiger partial charge in [0.15, 0.2) is 4.80 Å². The topological polar surface area (TPSA) is 81.0 Å². The van der Waals surface area contributed by atoms with E-state index in [0.717, 1.165) is 25.9 Å². The molecule has 0 saturated carbocycles. The van der Waals surface area contributed by atoms with E-state index in [1.807, 2.05) is 47.9 Å². The smallest absolute Gasteiger partial charge is 0.268 e. The van der Waals surface area contributed by atoms with E-state index in [0.29, 0.717) is 35.7 Å². The van der Waals surface area contributed by atoms with E-state index in [9.17, 15) is 14.4 Å². The number of thiazole rings is 1. The third-order valence-electron chi connectivity index (χ3n) is 5.63. The van der Waals surface area contributed by atoms with Crippen LogP contribution in [0.25, 0.3) is 21.0 Å². The van der Waals surface area contributed by atoms with Crippen LogP contribution in [-0.4, -0.2) is 46.9 Å². The van der Waals surface area contributed by atoms with Crippen LogP contribution in [0.4, 0.5) is 0 Å². The van der Waals surface area contributed by atoms with E-state index >= 15 is 0 Å². The first-order valence-electron chi connectivity index (χ1n) is 10.7. The van der Waals surface area contributed by atoms with Crippen LogP contribution in [0.3, 0.4) is 0 Å². The molecule has 0 atom stereocenters. The third-order valence-corrected chi connectivity index (χ3v) is 6.76. The van der Waals surface area contributed by atoms with Crippen molar-refractivity contribution in [3.63, 3.8) is 0 Å². The highest BCUT2D eigenvalue weighted by Crippen LogP contribution is 2.28. The van der Waals surface area contributed by atoms with E-state index in [1.54, 1.807) is 24.3 Å². The lowest BCUT2D eigenvalue weighted by molar-refractivity contribution is -0.118. The number of aromatic nitrogens is 1. The van der Waals surface area contributed by atoms with Crippen molar-refractivity contribution in [3.05, 3.63) is 76.6 Å². The van der Waals surface area contributed by atoms with Crippen LogP contribution in [0, 0.1) is 0 Å². The molecule has 33 heavy (non-hydrogen) atoms. The van der Waals surface area contributed by atoms with Crippen molar-refractivity contribution in [1.29, 1.82) is 0 Å². The summed E-state index contributed by atoms with van der Waals surface area (Å²) in [7, 11) is 0. The van der Waals surface area contributed by atoms with Gasteiger partial charge in [-0.25, -0.2) is 0 Å². The summed E-state index contributed by atoms with van der Waals surface area (Å²) in [5.74, 6) is -1.48. The summed E-state index contributed by atoms with van der Waals surface area (Å²) in [6.07, 6.45) is 0. The molecule has 7 nitrogen and oxygen atoms in total. The molecule has 3 amide bonds. The molecule has 2 heterocycles. The second kappa shape index (κ2) is 8.73. The predicted molar refractivity (Wildman–Crippen MR) is 126 cm³/mol. The number of hydrogen-bond acceptors (Lipinski definition) is 5. The van der Waals surface area contributed by atoms with Crippen molar-refractivity contribution in [2.75, 3.05) is 19.8 Å². The Hall–Kier alpha value is -3.62. The highest BCUT2D eigenvalue weighted by atomic mass is 32.1. The summed E-state index contributed by atoms with van der Waals surface area (Å²) in [5, 5.41) is 2.19. The molecule has 0 saturated heterocycles. The number of carbonyl (C=O) groups is 3. The van der Waals surface area contributed by atoms with Crippen LogP contribution in [0.5, 0.6) is 0 Å². The predicted octanol–water partition coefficient (Wildman–Crippen LogP) is 3.62. The number of rotatable bonds is 6. The van der Waals surface area contributed by atoms with Gasteiger partial charge < -0.3 is 9.30 Å². The zero-order valence-corrected chi connectivity index (χ0v) is 18.8. The van der Waals surface area contributed by atoms with Gasteiger partial charge in [0.2, 0.25) is 0 Å². The van der Waals surface area contributed by atoms with Gasteiger partial charge in [-0.1, -0.05) is 53.8 Å². The van der Waals surface area contributed by atoms with E-state index in [-0.39, 0.29) is 0 Å². The van der Waals surface area contributed by atoms with Crippen molar-refractivity contribution in [2.24, 2.45) is 4.99 Å². The molecule has 8 heteroatoms. The Morgan fingerprint density at radius 1 is 0.970 bits per heavy atom. The molecule has 0 radical (unpaired) electrons. The van der Waals surface area contributed by atoms with Crippen molar-refractivity contribution in [1.82, 2.24) is 9.47 Å². The fourth-order valence-corrected chi connectivity index (χ4v) is 5.27. The van der Waals surface area contributed by atoms with Gasteiger partial charge >= 0.3 is 0 Å². The highest BCUT2D eigenvalue weighted by molar-refractivity contribution is 7.17. The number of carbonyl (C=O) groups excluding carboxylic acids is 3. The van der Waals surface area contributed by atoms with Crippen molar-refractivity contribution in [3.8, 4) is 0 Å². The average Bonchev–Trinajstić information content (AvgIpc) is 3.30. The molecule has 1 aliphatic heterocycles. The van der Waals surface area contributed by atoms with Gasteiger partial charge in [0.1, 0.15) is 6.54 Å². The van der Waals surface area contributed by atoms with Gasteiger partial charge in [-0.15, -0.1) is 0 Å². The summed E-state index contributed by atoms with van der Waals surface area (Å²) in [6, 6.07) is 18.7. The van der Waals surface area contributed by atoms with E-state index < -0.39 is 24.3 Å². The summed E-state index contributed by atoms with van der Waals surface area (Å²) in [6.45, 7) is 3.14. The van der Waals surface area contributed by atoms with Gasteiger partial charge in [0, 0.05) is 18.5 Å². The zero-order chi connectivity index (χ0) is 22.9. The fourth-order valence-electron chi connectivity index (χ4n) is 4.06. The average molecular weight is 460 g/mol. The monoisotopic (exact) mass is 459 g/mol. The van der Waals surface area contributed by atoms with Crippen LogP contribution in [-0.2, 0) is 16.1 Å². The normalized spacial score (nSPS) is 14.0. The summed E-state index contributed by atoms with van der Waals surface area (Å²) < 4.78 is 8.52. The molecule has 4 aromatic rings. The van der Waals surface area contributed by atoms with Gasteiger partial charge in [0.05, 0.1) is 28.0 Å². The maximum atomic E-state index is 12.9. The maximum Gasteiger partial charge on any atom is 0.268 e. The Bertz CT molecular complexity index is 1450. The van der Waals surface area contributed by atoms with Gasteiger partial charge in [-0.05, 0) is 30.5 Å². The molecule has 0 bridgehead atoms. The van der Waals surface area contributed by atoms with Crippen molar-refractivity contribution >= 4 is 50.0 Å². The first-order chi connectivity index (χ1) is 16.1. The third kappa shape index (κ3) is 3.77. The van der Waals surface area contributed by atoms with Crippen LogP contribution < -0.4 is 4.80 Å². The molecule has 5 rings (SSSR count). The van der Waals surface area contributed by atoms with Gasteiger partial charge in [-0.3, -0.25) is 19.3 Å². The molecule has 0 aliphatic carbocycles. The lowest BCUT2D eigenvalue weighted by Gasteiger charge is -2.10. The highest BCUT2D eigenvalue weighted by Gasteiger charge is 2.36. The minimum absolute atomic E-state index is 0.315. The number of ether oxygens (including phenoxy) is 1. The van der Waals surface area contributed by atoms with E-state index in [1.165, 1.54) is 11.3 Å². The number of hydrogen-bond donors (Lipinski definition) is 0. The zero-order valence-electron chi connectivity index (χ0n) is 18.0. The number of benzene rings is 3. The molecule has 166 valence electrons. The molecular weight excluding hydrogens is 438 g/mol. The Kier molecular flexibility index (Phi) is 5.62. The maximum absolute atomic E-state index is 12.9. The van der Waals surface area contributed by atoms with Crippen LogP contribution >= 0.6 is 11.3 Å². The number of nitrogens with zero attached hydrogens (tertiary/aromatic N) is 3. The quantitative estimate of drug-likeness (QED) is 0.326. The summed E-state index contributed by atoms with van der Waals surface area (Å²) >= 11 is 1.42. The first-order valence-corrected chi connectivity index (χ1v) is 11.5. The number of amides is 3. The van der Waals surface area contributed by atoms with Crippen molar-refractivity contribution in [2.45, 2.75) is 13.5 Å². The molecule has 1 aliphatic rings. The number of imide groups is 1. The Morgan fingerprint density at radius 3 is 2.39 bits per heavy atom. The van der Waals surface area contributed by atoms with E-state index in [4.69, 9.17) is 4.74 Å².